The molecule has 1 aromatic carbocycles. The van der Waals surface area contributed by atoms with Gasteiger partial charge in [0, 0.05) is 44.0 Å². The van der Waals surface area contributed by atoms with Crippen molar-refractivity contribution in [3.05, 3.63) is 57.5 Å². The van der Waals surface area contributed by atoms with Gasteiger partial charge in [-0.05, 0) is 24.3 Å². The molecule has 0 saturated heterocycles. The highest BCUT2D eigenvalue weighted by atomic mass is 35.5. The topological polar surface area (TPSA) is 54.3 Å². The van der Waals surface area contributed by atoms with Crippen molar-refractivity contribution in [2.24, 2.45) is 7.05 Å². The van der Waals surface area contributed by atoms with E-state index in [0.29, 0.717) is 16.3 Å². The number of carbonyl (C=O) groups excluding carboxylic acids is 1. The first-order valence-electron chi connectivity index (χ1n) is 6.33. The molecule has 1 N–H and O–H groups in total. The lowest BCUT2D eigenvalue weighted by Gasteiger charge is -2.18. The molecule has 0 radical (unpaired) electrons. The van der Waals surface area contributed by atoms with Gasteiger partial charge in [-0.2, -0.15) is 0 Å². The number of anilines is 2. The van der Waals surface area contributed by atoms with Crippen molar-refractivity contribution in [1.82, 2.24) is 4.57 Å². The Hall–Kier alpha value is -2.27. The van der Waals surface area contributed by atoms with Crippen LogP contribution in [0.1, 0.15) is 10.4 Å². The zero-order valence-electron chi connectivity index (χ0n) is 12.1. The van der Waals surface area contributed by atoms with Crippen LogP contribution >= 0.6 is 11.6 Å². The minimum absolute atomic E-state index is 0.235. The summed E-state index contributed by atoms with van der Waals surface area (Å²) in [5.41, 5.74) is 1.50. The predicted octanol–water partition coefficient (Wildman–Crippen LogP) is 2.36. The number of rotatable bonds is 3. The van der Waals surface area contributed by atoms with Crippen molar-refractivity contribution in [3.8, 4) is 0 Å². The van der Waals surface area contributed by atoms with Gasteiger partial charge >= 0.3 is 0 Å². The number of aryl methyl sites for hydroxylation is 1. The van der Waals surface area contributed by atoms with Gasteiger partial charge in [-0.15, -0.1) is 0 Å². The smallest absolute Gasteiger partial charge is 0.255 e. The first-order valence-corrected chi connectivity index (χ1v) is 6.71. The van der Waals surface area contributed by atoms with Crippen LogP contribution in [0, 0.1) is 0 Å². The van der Waals surface area contributed by atoms with Gasteiger partial charge in [0.15, 0.2) is 0 Å². The number of benzene rings is 1. The lowest BCUT2D eigenvalue weighted by molar-refractivity contribution is 0.102. The molecular formula is C15H16ClN3O2. The molecular weight excluding hydrogens is 290 g/mol. The monoisotopic (exact) mass is 305 g/mol. The quantitative estimate of drug-likeness (QED) is 0.947. The highest BCUT2D eigenvalue weighted by Gasteiger charge is 2.11. The van der Waals surface area contributed by atoms with Gasteiger partial charge in [0.05, 0.1) is 11.4 Å². The molecule has 0 fully saturated rings. The minimum Gasteiger partial charge on any atom is -0.376 e. The van der Waals surface area contributed by atoms with Gasteiger partial charge in [-0.25, -0.2) is 0 Å². The average Bonchev–Trinajstić information content (AvgIpc) is 2.41. The Labute approximate surface area is 127 Å². The van der Waals surface area contributed by atoms with Gasteiger partial charge < -0.3 is 14.8 Å². The Kier molecular flexibility index (Phi) is 4.33. The van der Waals surface area contributed by atoms with E-state index in [9.17, 15) is 9.59 Å². The second-order valence-corrected chi connectivity index (χ2v) is 5.31. The van der Waals surface area contributed by atoms with Gasteiger partial charge in [0.1, 0.15) is 0 Å². The summed E-state index contributed by atoms with van der Waals surface area (Å²) in [6, 6.07) is 8.15. The van der Waals surface area contributed by atoms with Gasteiger partial charge in [0.25, 0.3) is 11.5 Å². The molecule has 0 aliphatic carbocycles. The number of hydrogen-bond donors (Lipinski definition) is 1. The largest absolute Gasteiger partial charge is 0.376 e. The summed E-state index contributed by atoms with van der Waals surface area (Å²) in [6.07, 6.45) is 1.56. The van der Waals surface area contributed by atoms with Crippen LogP contribution in [0.4, 0.5) is 11.4 Å². The molecule has 5 nitrogen and oxygen atoms in total. The first kappa shape index (κ1) is 15.1. The van der Waals surface area contributed by atoms with E-state index in [4.69, 9.17) is 11.6 Å². The summed E-state index contributed by atoms with van der Waals surface area (Å²) in [6.45, 7) is 0. The lowest BCUT2D eigenvalue weighted by Crippen LogP contribution is -2.21. The molecule has 2 aromatic rings. The molecule has 0 saturated carbocycles. The van der Waals surface area contributed by atoms with E-state index >= 15 is 0 Å². The number of amides is 1. The van der Waals surface area contributed by atoms with E-state index in [-0.39, 0.29) is 11.5 Å². The summed E-state index contributed by atoms with van der Waals surface area (Å²) in [5, 5.41) is 3.31. The molecule has 1 amide bonds. The second-order valence-electron chi connectivity index (χ2n) is 4.87. The third-order valence-electron chi connectivity index (χ3n) is 3.06. The third-order valence-corrected chi connectivity index (χ3v) is 3.29. The molecule has 2 rings (SSSR count). The van der Waals surface area contributed by atoms with E-state index in [2.05, 4.69) is 5.32 Å². The third kappa shape index (κ3) is 3.44. The fraction of sp³-hybridized carbons (Fsp3) is 0.200. The van der Waals surface area contributed by atoms with Crippen molar-refractivity contribution in [2.45, 2.75) is 0 Å². The van der Waals surface area contributed by atoms with Crippen molar-refractivity contribution < 1.29 is 4.79 Å². The van der Waals surface area contributed by atoms with Crippen LogP contribution in [0.15, 0.2) is 41.3 Å². The number of halogens is 1. The zero-order chi connectivity index (χ0) is 15.6. The molecule has 0 unspecified atom stereocenters. The molecule has 0 aliphatic heterocycles. The van der Waals surface area contributed by atoms with Gasteiger partial charge in [-0.1, -0.05) is 11.6 Å². The number of nitrogens with zero attached hydrogens (tertiary/aromatic N) is 2. The SMILES string of the molecule is CN(C)c1ccc(Cl)cc1NC(=O)c1ccn(C)c(=O)c1. The Morgan fingerprint density at radius 1 is 1.24 bits per heavy atom. The Balaban J connectivity index is 2.33. The molecule has 0 aliphatic rings. The maximum atomic E-state index is 12.2. The van der Waals surface area contributed by atoms with Crippen LogP contribution in [-0.4, -0.2) is 24.6 Å². The Morgan fingerprint density at radius 3 is 2.57 bits per heavy atom. The van der Waals surface area contributed by atoms with Crippen LogP contribution in [0.3, 0.4) is 0 Å². The number of nitrogens with one attached hydrogen (secondary N) is 1. The van der Waals surface area contributed by atoms with Gasteiger partial charge in [-0.3, -0.25) is 9.59 Å². The zero-order valence-corrected chi connectivity index (χ0v) is 12.8. The van der Waals surface area contributed by atoms with Crippen molar-refractivity contribution in [1.29, 1.82) is 0 Å². The summed E-state index contributed by atoms with van der Waals surface area (Å²) < 4.78 is 1.40. The van der Waals surface area contributed by atoms with Crippen LogP contribution in [-0.2, 0) is 7.05 Å². The van der Waals surface area contributed by atoms with Gasteiger partial charge in [0.2, 0.25) is 0 Å². The highest BCUT2D eigenvalue weighted by molar-refractivity contribution is 6.31. The molecule has 0 atom stereocenters. The molecule has 1 aromatic heterocycles. The standard InChI is InChI=1S/C15H16ClN3O2/c1-18(2)13-5-4-11(16)9-12(13)17-15(21)10-6-7-19(3)14(20)8-10/h4-9H,1-3H3,(H,17,21). The number of carbonyl (C=O) groups is 1. The summed E-state index contributed by atoms with van der Waals surface area (Å²) >= 11 is 5.97. The van der Waals surface area contributed by atoms with E-state index in [1.807, 2.05) is 25.1 Å². The maximum Gasteiger partial charge on any atom is 0.255 e. The van der Waals surface area contributed by atoms with Crippen molar-refractivity contribution in [3.63, 3.8) is 0 Å². The van der Waals surface area contributed by atoms with E-state index in [1.165, 1.54) is 10.6 Å². The second kappa shape index (κ2) is 6.01. The number of pyridine rings is 1. The lowest BCUT2D eigenvalue weighted by atomic mass is 10.2. The van der Waals surface area contributed by atoms with Crippen molar-refractivity contribution >= 4 is 28.9 Å². The van der Waals surface area contributed by atoms with Crippen molar-refractivity contribution in [2.75, 3.05) is 24.3 Å². The van der Waals surface area contributed by atoms with Crippen LogP contribution in [0.5, 0.6) is 0 Å². The minimum atomic E-state index is -0.349. The number of hydrogen-bond acceptors (Lipinski definition) is 3. The van der Waals surface area contributed by atoms with Crippen LogP contribution < -0.4 is 15.8 Å². The summed E-state index contributed by atoms with van der Waals surface area (Å²) in [5.74, 6) is -0.349. The predicted molar refractivity (Wildman–Crippen MR) is 85.4 cm³/mol. The Bertz CT molecular complexity index is 738. The number of aromatic nitrogens is 1. The molecule has 110 valence electrons. The first-order chi connectivity index (χ1) is 9.88. The average molecular weight is 306 g/mol. The fourth-order valence-corrected chi connectivity index (χ4v) is 2.05. The highest BCUT2D eigenvalue weighted by Crippen LogP contribution is 2.28. The van der Waals surface area contributed by atoms with E-state index < -0.39 is 0 Å². The molecule has 6 heteroatoms. The molecule has 21 heavy (non-hydrogen) atoms. The molecule has 0 bridgehead atoms. The molecule has 1 heterocycles. The Morgan fingerprint density at radius 2 is 1.95 bits per heavy atom. The fourth-order valence-electron chi connectivity index (χ4n) is 1.88. The normalized spacial score (nSPS) is 10.3. The van der Waals surface area contributed by atoms with E-state index in [0.717, 1.165) is 5.69 Å². The van der Waals surface area contributed by atoms with Crippen LogP contribution in [0.25, 0.3) is 0 Å². The van der Waals surface area contributed by atoms with Crippen LogP contribution in [0.2, 0.25) is 5.02 Å². The molecule has 0 spiro atoms. The summed E-state index contributed by atoms with van der Waals surface area (Å²) in [4.78, 5) is 25.7. The van der Waals surface area contributed by atoms with E-state index in [1.54, 1.807) is 31.4 Å². The summed E-state index contributed by atoms with van der Waals surface area (Å²) in [7, 11) is 5.37. The maximum absolute atomic E-state index is 12.2.